The molecular weight excluding hydrogens is 414 g/mol. The second kappa shape index (κ2) is 7.92. The summed E-state index contributed by atoms with van der Waals surface area (Å²) in [7, 11) is -1.99. The molecule has 3 heterocycles. The number of rotatable bonds is 5. The molecule has 0 amide bonds. The number of nitrogens with zero attached hydrogens (tertiary/aromatic N) is 4. The Kier molecular flexibility index (Phi) is 5.46. The molecule has 1 saturated heterocycles. The second-order valence-corrected chi connectivity index (χ2v) is 9.64. The van der Waals surface area contributed by atoms with Crippen LogP contribution in [0.1, 0.15) is 18.4 Å². The van der Waals surface area contributed by atoms with E-state index in [0.29, 0.717) is 44.2 Å². The van der Waals surface area contributed by atoms with Crippen LogP contribution in [0.3, 0.4) is 0 Å². The molecular formula is C20H22F2N4O3S. The fraction of sp³-hybridized carbons (Fsp3) is 0.400. The van der Waals surface area contributed by atoms with E-state index in [9.17, 15) is 22.0 Å². The number of imidazole rings is 1. The van der Waals surface area contributed by atoms with Crippen molar-refractivity contribution in [3.63, 3.8) is 0 Å². The molecule has 0 saturated carbocycles. The van der Waals surface area contributed by atoms with Crippen molar-refractivity contribution in [1.82, 2.24) is 18.4 Å². The van der Waals surface area contributed by atoms with Crippen LogP contribution in [0.5, 0.6) is 0 Å². The molecule has 0 atom stereocenters. The Balaban J connectivity index is 1.44. The molecule has 0 bridgehead atoms. The summed E-state index contributed by atoms with van der Waals surface area (Å²) in [6.45, 7) is 1.08. The largest absolute Gasteiger partial charge is 0.330 e. The Bertz CT molecular complexity index is 1220. The van der Waals surface area contributed by atoms with E-state index in [1.165, 1.54) is 4.31 Å². The van der Waals surface area contributed by atoms with Gasteiger partial charge in [0.05, 0.1) is 11.3 Å². The molecule has 0 unspecified atom stereocenters. The van der Waals surface area contributed by atoms with Crippen LogP contribution in [0.2, 0.25) is 0 Å². The number of hydrogen-bond donors (Lipinski definition) is 0. The third-order valence-corrected chi connectivity index (χ3v) is 7.43. The molecule has 1 aliphatic rings. The normalized spacial score (nSPS) is 16.4. The predicted octanol–water partition coefficient (Wildman–Crippen LogP) is 2.26. The molecule has 0 spiro atoms. The smallest absolute Gasteiger partial charge is 0.293 e. The minimum atomic E-state index is -3.69. The lowest BCUT2D eigenvalue weighted by molar-refractivity contribution is 0.252. The second-order valence-electron chi connectivity index (χ2n) is 7.67. The highest BCUT2D eigenvalue weighted by Crippen LogP contribution is 2.24. The number of aryl methyl sites for hydroxylation is 1. The molecule has 3 aromatic rings. The van der Waals surface area contributed by atoms with Crippen molar-refractivity contribution in [3.8, 4) is 0 Å². The summed E-state index contributed by atoms with van der Waals surface area (Å²) in [6, 6.07) is 6.40. The molecule has 1 aromatic carbocycles. The highest BCUT2D eigenvalue weighted by molar-refractivity contribution is 7.88. The zero-order chi connectivity index (χ0) is 21.5. The van der Waals surface area contributed by atoms with Crippen LogP contribution in [0.15, 0.2) is 41.3 Å². The summed E-state index contributed by atoms with van der Waals surface area (Å²) in [5.74, 6) is -1.91. The zero-order valence-electron chi connectivity index (χ0n) is 16.5. The number of benzene rings is 1. The third kappa shape index (κ3) is 4.01. The van der Waals surface area contributed by atoms with E-state index >= 15 is 0 Å². The maximum absolute atomic E-state index is 13.4. The Morgan fingerprint density at radius 3 is 2.47 bits per heavy atom. The van der Waals surface area contributed by atoms with Crippen LogP contribution >= 0.6 is 0 Å². The van der Waals surface area contributed by atoms with Crippen LogP contribution in [-0.4, -0.2) is 39.9 Å². The first-order valence-electron chi connectivity index (χ1n) is 9.67. The van der Waals surface area contributed by atoms with Gasteiger partial charge in [0.1, 0.15) is 11.6 Å². The number of piperidine rings is 1. The SMILES string of the molecule is Cn1c(=O)n(CC2CCN(S(=O)(=O)Cc3cc(F)cc(F)c3)CC2)c2ncccc21. The van der Waals surface area contributed by atoms with Crippen molar-refractivity contribution in [2.45, 2.75) is 25.1 Å². The number of pyridine rings is 1. The third-order valence-electron chi connectivity index (χ3n) is 5.58. The van der Waals surface area contributed by atoms with Gasteiger partial charge < -0.3 is 0 Å². The van der Waals surface area contributed by atoms with E-state index in [4.69, 9.17) is 0 Å². The highest BCUT2D eigenvalue weighted by Gasteiger charge is 2.29. The van der Waals surface area contributed by atoms with Crippen LogP contribution in [0.25, 0.3) is 11.2 Å². The number of fused-ring (bicyclic) bond motifs is 1. The molecule has 0 radical (unpaired) electrons. The summed E-state index contributed by atoms with van der Waals surface area (Å²) in [5, 5.41) is 0. The molecule has 1 fully saturated rings. The van der Waals surface area contributed by atoms with Crippen molar-refractivity contribution in [3.05, 3.63) is 64.2 Å². The van der Waals surface area contributed by atoms with E-state index in [1.807, 2.05) is 6.07 Å². The maximum Gasteiger partial charge on any atom is 0.330 e. The lowest BCUT2D eigenvalue weighted by Crippen LogP contribution is -2.40. The van der Waals surface area contributed by atoms with Crippen molar-refractivity contribution < 1.29 is 17.2 Å². The average molecular weight is 436 g/mol. The van der Waals surface area contributed by atoms with Crippen LogP contribution < -0.4 is 5.69 Å². The standard InChI is InChI=1S/C20H22F2N4O3S/c1-24-18-3-2-6-23-19(18)26(20(24)27)12-14-4-7-25(8-5-14)30(28,29)13-15-9-16(21)11-17(22)10-15/h2-3,6,9-11,14H,4-5,7-8,12-13H2,1H3. The van der Waals surface area contributed by atoms with Gasteiger partial charge in [-0.05, 0) is 48.6 Å². The average Bonchev–Trinajstić information content (AvgIpc) is 2.92. The monoisotopic (exact) mass is 436 g/mol. The molecule has 10 heteroatoms. The van der Waals surface area contributed by atoms with Gasteiger partial charge in [0.2, 0.25) is 10.0 Å². The van der Waals surface area contributed by atoms with E-state index in [1.54, 1.807) is 28.4 Å². The Labute approximate surface area is 172 Å². The van der Waals surface area contributed by atoms with E-state index in [-0.39, 0.29) is 17.2 Å². The minimum Gasteiger partial charge on any atom is -0.293 e. The summed E-state index contributed by atoms with van der Waals surface area (Å²) in [6.07, 6.45) is 2.82. The number of aromatic nitrogens is 3. The van der Waals surface area contributed by atoms with Gasteiger partial charge >= 0.3 is 5.69 Å². The lowest BCUT2D eigenvalue weighted by Gasteiger charge is -2.31. The minimum absolute atomic E-state index is 0.0861. The van der Waals surface area contributed by atoms with Gasteiger partial charge in [0, 0.05) is 38.9 Å². The van der Waals surface area contributed by atoms with E-state index in [0.717, 1.165) is 17.6 Å². The molecule has 0 N–H and O–H groups in total. The first kappa shape index (κ1) is 20.7. The first-order valence-corrected chi connectivity index (χ1v) is 11.3. The molecule has 30 heavy (non-hydrogen) atoms. The van der Waals surface area contributed by atoms with Gasteiger partial charge in [-0.1, -0.05) is 0 Å². The summed E-state index contributed by atoms with van der Waals surface area (Å²) in [4.78, 5) is 16.9. The molecule has 4 rings (SSSR count). The molecule has 1 aliphatic heterocycles. The molecule has 160 valence electrons. The van der Waals surface area contributed by atoms with Crippen molar-refractivity contribution in [2.75, 3.05) is 13.1 Å². The van der Waals surface area contributed by atoms with Crippen LogP contribution in [-0.2, 0) is 29.4 Å². The van der Waals surface area contributed by atoms with Crippen molar-refractivity contribution in [2.24, 2.45) is 13.0 Å². The van der Waals surface area contributed by atoms with Gasteiger partial charge in [-0.3, -0.25) is 9.13 Å². The fourth-order valence-corrected chi connectivity index (χ4v) is 5.56. The Morgan fingerprint density at radius 1 is 1.13 bits per heavy atom. The van der Waals surface area contributed by atoms with Gasteiger partial charge in [0.25, 0.3) is 0 Å². The zero-order valence-corrected chi connectivity index (χ0v) is 17.3. The summed E-state index contributed by atoms with van der Waals surface area (Å²) in [5.41, 5.74) is 1.31. The first-order chi connectivity index (χ1) is 14.2. The number of halogens is 2. The molecule has 2 aromatic heterocycles. The fourth-order valence-electron chi connectivity index (χ4n) is 4.02. The summed E-state index contributed by atoms with van der Waals surface area (Å²) < 4.78 is 56.7. The Morgan fingerprint density at radius 2 is 1.80 bits per heavy atom. The quantitative estimate of drug-likeness (QED) is 0.615. The Hall–Kier alpha value is -2.59. The lowest BCUT2D eigenvalue weighted by atomic mass is 9.98. The van der Waals surface area contributed by atoms with Gasteiger partial charge in [-0.25, -0.2) is 31.3 Å². The maximum atomic E-state index is 13.4. The number of sulfonamides is 1. The number of hydrogen-bond acceptors (Lipinski definition) is 4. The van der Waals surface area contributed by atoms with Gasteiger partial charge in [-0.15, -0.1) is 0 Å². The van der Waals surface area contributed by atoms with E-state index in [2.05, 4.69) is 4.98 Å². The van der Waals surface area contributed by atoms with Crippen molar-refractivity contribution >= 4 is 21.2 Å². The van der Waals surface area contributed by atoms with Crippen molar-refractivity contribution in [1.29, 1.82) is 0 Å². The topological polar surface area (TPSA) is 77.2 Å². The molecule has 0 aliphatic carbocycles. The predicted molar refractivity (Wildman–Crippen MR) is 108 cm³/mol. The van der Waals surface area contributed by atoms with E-state index < -0.39 is 27.4 Å². The van der Waals surface area contributed by atoms with Gasteiger partial charge in [0.15, 0.2) is 5.65 Å². The van der Waals surface area contributed by atoms with Gasteiger partial charge in [-0.2, -0.15) is 0 Å². The molecule has 7 nitrogen and oxygen atoms in total. The van der Waals surface area contributed by atoms with Crippen LogP contribution in [0, 0.1) is 17.6 Å². The summed E-state index contributed by atoms with van der Waals surface area (Å²) >= 11 is 0. The highest BCUT2D eigenvalue weighted by atomic mass is 32.2. The van der Waals surface area contributed by atoms with Crippen LogP contribution in [0.4, 0.5) is 8.78 Å².